The highest BCUT2D eigenvalue weighted by molar-refractivity contribution is 6.12. The van der Waals surface area contributed by atoms with Gasteiger partial charge in [0.1, 0.15) is 0 Å². The normalized spacial score (nSPS) is 15.5. The van der Waals surface area contributed by atoms with Crippen LogP contribution in [0, 0.1) is 0 Å². The van der Waals surface area contributed by atoms with Gasteiger partial charge in [-0.25, -0.2) is 0 Å². The summed E-state index contributed by atoms with van der Waals surface area (Å²) < 4.78 is 7.50. The molecule has 0 fully saturated rings. The number of hydrogen-bond acceptors (Lipinski definition) is 1. The Morgan fingerprint density at radius 2 is 0.636 bits per heavy atom. The number of hydrogen-bond donors (Lipinski definition) is 0. The Bertz CT molecular complexity index is 4490. The van der Waals surface area contributed by atoms with Gasteiger partial charge in [0, 0.05) is 66.3 Å². The van der Waals surface area contributed by atoms with Crippen LogP contribution < -0.4 is 4.90 Å². The molecule has 0 saturated carbocycles. The lowest BCUT2D eigenvalue weighted by Crippen LogP contribution is -2.29. The van der Waals surface area contributed by atoms with E-state index in [-0.39, 0.29) is 6.04 Å². The first kappa shape index (κ1) is 41.5. The van der Waals surface area contributed by atoms with Crippen molar-refractivity contribution in [2.24, 2.45) is 0 Å². The third-order valence-electron chi connectivity index (χ3n) is 17.9. The Hall–Kier alpha value is -9.90. The van der Waals surface area contributed by atoms with Crippen molar-refractivity contribution in [1.82, 2.24) is 13.7 Å². The van der Waals surface area contributed by atoms with Gasteiger partial charge < -0.3 is 18.6 Å². The number of rotatable bonds is 4. The minimum atomic E-state index is -0.742. The molecule has 0 saturated heterocycles. The maximum absolute atomic E-state index is 2.63. The SMILES string of the molecule is C1=CCC2C(=C1)c1ccccc1N2c1ccc2c(c1)C1(c3cc(-n4c5ccccc5c5ccccc54)ccc3-2)c2cc(-n3c4ccccc4c4ccccc43)ccc2-c2ccc(-n3c4ccccc4c4ccccc43)cc21. The van der Waals surface area contributed by atoms with E-state index in [1.807, 2.05) is 0 Å². The minimum Gasteiger partial charge on any atom is -0.333 e. The molecule has 1 unspecified atom stereocenters. The zero-order valence-corrected chi connectivity index (χ0v) is 41.9. The quantitative estimate of drug-likeness (QED) is 0.172. The van der Waals surface area contributed by atoms with Crippen molar-refractivity contribution in [3.63, 3.8) is 0 Å². The Balaban J connectivity index is 0.980. The highest BCUT2D eigenvalue weighted by Gasteiger charge is 2.53. The lowest BCUT2D eigenvalue weighted by atomic mass is 9.70. The van der Waals surface area contributed by atoms with E-state index in [9.17, 15) is 0 Å². The zero-order chi connectivity index (χ0) is 50.1. The number of aromatic nitrogens is 3. The van der Waals surface area contributed by atoms with E-state index < -0.39 is 5.41 Å². The van der Waals surface area contributed by atoms with E-state index in [2.05, 4.69) is 279 Å². The van der Waals surface area contributed by atoms with Crippen LogP contribution >= 0.6 is 0 Å². The van der Waals surface area contributed by atoms with Gasteiger partial charge in [0.15, 0.2) is 0 Å². The van der Waals surface area contributed by atoms with Gasteiger partial charge >= 0.3 is 0 Å². The summed E-state index contributed by atoms with van der Waals surface area (Å²) >= 11 is 0. The lowest BCUT2D eigenvalue weighted by molar-refractivity contribution is 0.785. The highest BCUT2D eigenvalue weighted by Crippen LogP contribution is 2.65. The third-order valence-corrected chi connectivity index (χ3v) is 17.9. The van der Waals surface area contributed by atoms with Crippen molar-refractivity contribution in [2.75, 3.05) is 4.90 Å². The molecule has 1 aliphatic heterocycles. The summed E-state index contributed by atoms with van der Waals surface area (Å²) in [7, 11) is 0. The number of allylic oxidation sites excluding steroid dienone is 2. The summed E-state index contributed by atoms with van der Waals surface area (Å²) in [4.78, 5) is 2.63. The van der Waals surface area contributed by atoms with E-state index in [1.165, 1.54) is 132 Å². The fourth-order valence-corrected chi connectivity index (χ4v) is 14.9. The largest absolute Gasteiger partial charge is 0.333 e. The lowest BCUT2D eigenvalue weighted by Gasteiger charge is -2.33. The Morgan fingerprint density at radius 1 is 0.312 bits per heavy atom. The molecule has 11 aromatic carbocycles. The van der Waals surface area contributed by atoms with Crippen LogP contribution in [0.1, 0.15) is 34.2 Å². The number of nitrogens with zero attached hydrogens (tertiary/aromatic N) is 4. The number of para-hydroxylation sites is 7. The Morgan fingerprint density at radius 3 is 1.03 bits per heavy atom. The van der Waals surface area contributed by atoms with Gasteiger partial charge in [-0.3, -0.25) is 0 Å². The minimum absolute atomic E-state index is 0.198. The van der Waals surface area contributed by atoms with Gasteiger partial charge in [-0.2, -0.15) is 0 Å². The topological polar surface area (TPSA) is 18.0 Å². The summed E-state index contributed by atoms with van der Waals surface area (Å²) in [5.74, 6) is 0. The van der Waals surface area contributed by atoms with Gasteiger partial charge in [-0.15, -0.1) is 0 Å². The van der Waals surface area contributed by atoms with E-state index in [0.717, 1.165) is 23.5 Å². The molecule has 4 nitrogen and oxygen atoms in total. The van der Waals surface area contributed by atoms with E-state index >= 15 is 0 Å². The van der Waals surface area contributed by atoms with Gasteiger partial charge in [0.25, 0.3) is 0 Å². The van der Waals surface area contributed by atoms with E-state index in [1.54, 1.807) is 0 Å². The van der Waals surface area contributed by atoms with E-state index in [0.29, 0.717) is 0 Å². The fraction of sp³-hybridized carbons (Fsp3) is 0.0411. The van der Waals surface area contributed by atoms with Crippen molar-refractivity contribution < 1.29 is 0 Å². The predicted molar refractivity (Wildman–Crippen MR) is 320 cm³/mol. The summed E-state index contributed by atoms with van der Waals surface area (Å²) in [5, 5.41) is 7.54. The molecule has 18 rings (SSSR count). The van der Waals surface area contributed by atoms with Crippen LogP contribution in [0.2, 0.25) is 0 Å². The molecule has 0 bridgehead atoms. The molecular formula is C73H46N4. The number of benzene rings is 11. The maximum Gasteiger partial charge on any atom is 0.0728 e. The molecule has 0 amide bonds. The number of fused-ring (bicyclic) bond motifs is 22. The molecule has 0 N–H and O–H groups in total. The van der Waals surface area contributed by atoms with Gasteiger partial charge in [0.05, 0.1) is 44.6 Å². The Kier molecular flexibility index (Phi) is 8.14. The first-order valence-corrected chi connectivity index (χ1v) is 27.0. The van der Waals surface area contributed by atoms with Gasteiger partial charge in [0.2, 0.25) is 0 Å². The van der Waals surface area contributed by atoms with Crippen molar-refractivity contribution in [1.29, 1.82) is 0 Å². The second-order valence-electron chi connectivity index (χ2n) is 21.5. The average molecular weight is 979 g/mol. The molecule has 4 heterocycles. The molecule has 1 atom stereocenters. The van der Waals surface area contributed by atoms with Crippen LogP contribution in [0.5, 0.6) is 0 Å². The second-order valence-corrected chi connectivity index (χ2v) is 21.5. The average Bonchev–Trinajstić information content (AvgIpc) is 4.47. The highest BCUT2D eigenvalue weighted by atomic mass is 15.2. The smallest absolute Gasteiger partial charge is 0.0728 e. The first-order valence-electron chi connectivity index (χ1n) is 27.0. The molecule has 358 valence electrons. The van der Waals surface area contributed by atoms with Crippen molar-refractivity contribution in [2.45, 2.75) is 17.9 Å². The van der Waals surface area contributed by atoms with E-state index in [4.69, 9.17) is 0 Å². The van der Waals surface area contributed by atoms with Crippen LogP contribution in [0.4, 0.5) is 11.4 Å². The monoisotopic (exact) mass is 978 g/mol. The summed E-state index contributed by atoms with van der Waals surface area (Å²) in [5.41, 5.74) is 25.4. The molecule has 14 aromatic rings. The molecular weight excluding hydrogens is 933 g/mol. The van der Waals surface area contributed by atoms with Crippen LogP contribution in [-0.4, -0.2) is 19.7 Å². The molecule has 0 radical (unpaired) electrons. The van der Waals surface area contributed by atoms with Crippen LogP contribution in [0.15, 0.2) is 261 Å². The van der Waals surface area contributed by atoms with Crippen LogP contribution in [0.25, 0.3) is 110 Å². The molecule has 3 aliphatic carbocycles. The standard InChI is InChI=1S/C73H46N4/c1-9-25-65-53(17-1)54-18-2-10-26-66(54)74(65)45-33-37-49-50-38-34-46(75-67-27-11-3-19-55(67)56-20-4-12-28-68(56)75)42-62(50)73(61(49)41-45)63-43-47(76-69-29-13-5-21-57(69)58-22-6-14-30-70(58)76)35-39-51(63)52-40-36-48(44-64(52)73)77-71-31-15-7-23-59(71)60-24-8-16-32-72(60)77/h1-31,33-44,72H,32H2. The van der Waals surface area contributed by atoms with Crippen molar-refractivity contribution in [3.05, 3.63) is 289 Å². The predicted octanol–water partition coefficient (Wildman–Crippen LogP) is 18.2. The molecule has 3 aromatic heterocycles. The fourth-order valence-electron chi connectivity index (χ4n) is 14.9. The molecule has 77 heavy (non-hydrogen) atoms. The zero-order valence-electron chi connectivity index (χ0n) is 41.9. The summed E-state index contributed by atoms with van der Waals surface area (Å²) in [6.07, 6.45) is 7.86. The van der Waals surface area contributed by atoms with Crippen molar-refractivity contribution in [3.8, 4) is 39.3 Å². The van der Waals surface area contributed by atoms with Gasteiger partial charge in [-0.05, 0) is 147 Å². The number of anilines is 2. The molecule has 4 aliphatic rings. The summed E-state index contributed by atoms with van der Waals surface area (Å²) in [6, 6.07) is 92.2. The molecule has 4 heteroatoms. The summed E-state index contributed by atoms with van der Waals surface area (Å²) in [6.45, 7) is 0. The second kappa shape index (κ2) is 15.1. The van der Waals surface area contributed by atoms with Crippen LogP contribution in [-0.2, 0) is 5.41 Å². The third kappa shape index (κ3) is 5.31. The van der Waals surface area contributed by atoms with Crippen LogP contribution in [0.3, 0.4) is 0 Å². The van der Waals surface area contributed by atoms with Crippen molar-refractivity contribution >= 4 is 82.4 Å². The molecule has 1 spiro atoms. The first-order chi connectivity index (χ1) is 38.2. The Labute approximate surface area is 444 Å². The maximum atomic E-state index is 2.63. The van der Waals surface area contributed by atoms with Gasteiger partial charge in [-0.1, -0.05) is 170 Å².